The van der Waals surface area contributed by atoms with E-state index in [1.165, 1.54) is 0 Å². The highest BCUT2D eigenvalue weighted by molar-refractivity contribution is 5.92. The van der Waals surface area contributed by atoms with Crippen LogP contribution in [0.3, 0.4) is 0 Å². The maximum absolute atomic E-state index is 12.2. The summed E-state index contributed by atoms with van der Waals surface area (Å²) < 4.78 is 1.74. The van der Waals surface area contributed by atoms with Gasteiger partial charge in [0.15, 0.2) is 0 Å². The fourth-order valence-electron chi connectivity index (χ4n) is 2.37. The number of carbonyl (C=O) groups is 1. The van der Waals surface area contributed by atoms with Crippen LogP contribution in [0.4, 0.5) is 0 Å². The van der Waals surface area contributed by atoms with Crippen LogP contribution in [-0.4, -0.2) is 38.2 Å². The van der Waals surface area contributed by atoms with Gasteiger partial charge in [-0.1, -0.05) is 19.9 Å². The molecule has 2 rings (SSSR count). The average molecular weight is 302 g/mol. The molecule has 1 atom stereocenters. The summed E-state index contributed by atoms with van der Waals surface area (Å²) in [6.07, 6.45) is 5.29. The lowest BCUT2D eigenvalue weighted by molar-refractivity contribution is 0.0897. The van der Waals surface area contributed by atoms with Crippen LogP contribution in [0.1, 0.15) is 37.7 Å². The van der Waals surface area contributed by atoms with E-state index in [0.717, 1.165) is 0 Å². The standard InChI is InChI=1S/C16H22N4O2/c1-12(21)9-16(2,3)10-18-15(22)13-5-4-6-14(19-13)20-8-7-17-11-20/h4-8,11-12,21H,9-10H2,1-3H3,(H,18,22). The maximum Gasteiger partial charge on any atom is 0.269 e. The third-order valence-corrected chi connectivity index (χ3v) is 3.31. The molecule has 0 spiro atoms. The Morgan fingerprint density at radius 2 is 2.23 bits per heavy atom. The van der Waals surface area contributed by atoms with E-state index < -0.39 is 6.10 Å². The minimum Gasteiger partial charge on any atom is -0.393 e. The number of rotatable bonds is 6. The Bertz CT molecular complexity index is 621. The second-order valence-corrected chi connectivity index (χ2v) is 6.25. The Hall–Kier alpha value is -2.21. The highest BCUT2D eigenvalue weighted by Gasteiger charge is 2.21. The molecule has 0 aliphatic heterocycles. The zero-order valence-electron chi connectivity index (χ0n) is 13.2. The van der Waals surface area contributed by atoms with Crippen molar-refractivity contribution in [3.63, 3.8) is 0 Å². The van der Waals surface area contributed by atoms with Gasteiger partial charge in [-0.25, -0.2) is 9.97 Å². The Morgan fingerprint density at radius 3 is 2.86 bits per heavy atom. The molecule has 1 unspecified atom stereocenters. The molecule has 0 fully saturated rings. The van der Waals surface area contributed by atoms with E-state index in [-0.39, 0.29) is 11.3 Å². The summed E-state index contributed by atoms with van der Waals surface area (Å²) in [5, 5.41) is 12.4. The van der Waals surface area contributed by atoms with Gasteiger partial charge >= 0.3 is 0 Å². The van der Waals surface area contributed by atoms with Crippen molar-refractivity contribution in [2.24, 2.45) is 5.41 Å². The SMILES string of the molecule is CC(O)CC(C)(C)CNC(=O)c1cccc(-n2ccnc2)n1. The van der Waals surface area contributed by atoms with Crippen LogP contribution in [0.5, 0.6) is 0 Å². The molecule has 0 saturated carbocycles. The van der Waals surface area contributed by atoms with Crippen molar-refractivity contribution in [1.29, 1.82) is 0 Å². The lowest BCUT2D eigenvalue weighted by Crippen LogP contribution is -2.36. The van der Waals surface area contributed by atoms with E-state index in [1.807, 2.05) is 19.9 Å². The van der Waals surface area contributed by atoms with Crippen molar-refractivity contribution in [3.05, 3.63) is 42.6 Å². The number of nitrogens with zero attached hydrogens (tertiary/aromatic N) is 3. The molecule has 22 heavy (non-hydrogen) atoms. The predicted octanol–water partition coefficient (Wildman–Crippen LogP) is 1.79. The number of aliphatic hydroxyl groups excluding tert-OH is 1. The minimum absolute atomic E-state index is 0.175. The van der Waals surface area contributed by atoms with Crippen LogP contribution in [0, 0.1) is 5.41 Å². The fraction of sp³-hybridized carbons (Fsp3) is 0.438. The molecule has 0 bridgehead atoms. The van der Waals surface area contributed by atoms with Crippen molar-refractivity contribution in [3.8, 4) is 5.82 Å². The summed E-state index contributed by atoms with van der Waals surface area (Å²) in [6.45, 7) is 6.25. The van der Waals surface area contributed by atoms with Crippen LogP contribution in [0.15, 0.2) is 36.9 Å². The second-order valence-electron chi connectivity index (χ2n) is 6.25. The molecule has 6 nitrogen and oxygen atoms in total. The molecule has 2 aromatic rings. The van der Waals surface area contributed by atoms with E-state index in [9.17, 15) is 9.90 Å². The fourth-order valence-corrected chi connectivity index (χ4v) is 2.37. The van der Waals surface area contributed by atoms with Gasteiger partial charge in [-0.15, -0.1) is 0 Å². The Kier molecular flexibility index (Phi) is 4.92. The monoisotopic (exact) mass is 302 g/mol. The Balaban J connectivity index is 2.03. The van der Waals surface area contributed by atoms with Crippen LogP contribution in [-0.2, 0) is 0 Å². The zero-order valence-corrected chi connectivity index (χ0v) is 13.2. The van der Waals surface area contributed by atoms with Gasteiger partial charge in [-0.3, -0.25) is 9.36 Å². The first-order chi connectivity index (χ1) is 10.4. The lowest BCUT2D eigenvalue weighted by Gasteiger charge is -2.26. The largest absolute Gasteiger partial charge is 0.393 e. The first kappa shape index (κ1) is 16.2. The molecule has 2 heterocycles. The molecule has 0 saturated heterocycles. The topological polar surface area (TPSA) is 80.0 Å². The number of imidazole rings is 1. The molecule has 0 radical (unpaired) electrons. The molecule has 1 amide bonds. The quantitative estimate of drug-likeness (QED) is 0.852. The van der Waals surface area contributed by atoms with Crippen LogP contribution < -0.4 is 5.32 Å². The molecule has 0 aliphatic rings. The van der Waals surface area contributed by atoms with Crippen molar-refractivity contribution in [2.75, 3.05) is 6.54 Å². The number of nitrogens with one attached hydrogen (secondary N) is 1. The molecular formula is C16H22N4O2. The third kappa shape index (κ3) is 4.39. The van der Waals surface area contributed by atoms with Gasteiger partial charge in [0.2, 0.25) is 0 Å². The molecule has 0 aromatic carbocycles. The van der Waals surface area contributed by atoms with Gasteiger partial charge in [0.25, 0.3) is 5.91 Å². The summed E-state index contributed by atoms with van der Waals surface area (Å²) in [6, 6.07) is 5.28. The van der Waals surface area contributed by atoms with E-state index in [0.29, 0.717) is 24.5 Å². The molecule has 2 N–H and O–H groups in total. The number of pyridine rings is 1. The van der Waals surface area contributed by atoms with Crippen LogP contribution in [0.25, 0.3) is 5.82 Å². The van der Waals surface area contributed by atoms with Crippen molar-refractivity contribution in [2.45, 2.75) is 33.3 Å². The van der Waals surface area contributed by atoms with E-state index in [4.69, 9.17) is 0 Å². The minimum atomic E-state index is -0.394. The van der Waals surface area contributed by atoms with Crippen LogP contribution in [0.2, 0.25) is 0 Å². The molecule has 0 aliphatic carbocycles. The summed E-state index contributed by atoms with van der Waals surface area (Å²) in [5.74, 6) is 0.425. The Morgan fingerprint density at radius 1 is 1.45 bits per heavy atom. The number of aliphatic hydroxyl groups is 1. The normalized spacial score (nSPS) is 12.9. The summed E-state index contributed by atoms with van der Waals surface area (Å²) in [5.41, 5.74) is 0.185. The predicted molar refractivity (Wildman–Crippen MR) is 83.8 cm³/mol. The number of carbonyl (C=O) groups excluding carboxylic acids is 1. The summed E-state index contributed by atoms with van der Waals surface area (Å²) >= 11 is 0. The van der Waals surface area contributed by atoms with E-state index >= 15 is 0 Å². The van der Waals surface area contributed by atoms with Gasteiger partial charge < -0.3 is 10.4 Å². The van der Waals surface area contributed by atoms with Crippen molar-refractivity contribution >= 4 is 5.91 Å². The molecule has 6 heteroatoms. The van der Waals surface area contributed by atoms with Gasteiger partial charge in [-0.2, -0.15) is 0 Å². The highest BCUT2D eigenvalue weighted by Crippen LogP contribution is 2.21. The van der Waals surface area contributed by atoms with E-state index in [2.05, 4.69) is 15.3 Å². The third-order valence-electron chi connectivity index (χ3n) is 3.31. The van der Waals surface area contributed by atoms with Crippen LogP contribution >= 0.6 is 0 Å². The molecule has 2 aromatic heterocycles. The second kappa shape index (κ2) is 6.70. The summed E-state index contributed by atoms with van der Waals surface area (Å²) in [4.78, 5) is 20.5. The highest BCUT2D eigenvalue weighted by atomic mass is 16.3. The average Bonchev–Trinajstić information content (AvgIpc) is 2.98. The van der Waals surface area contributed by atoms with Gasteiger partial charge in [-0.05, 0) is 30.9 Å². The van der Waals surface area contributed by atoms with Gasteiger partial charge in [0, 0.05) is 18.9 Å². The number of hydrogen-bond donors (Lipinski definition) is 2. The first-order valence-electron chi connectivity index (χ1n) is 7.29. The van der Waals surface area contributed by atoms with Crippen molar-refractivity contribution < 1.29 is 9.90 Å². The smallest absolute Gasteiger partial charge is 0.269 e. The molecule has 118 valence electrons. The number of aromatic nitrogens is 3. The number of hydrogen-bond acceptors (Lipinski definition) is 4. The lowest BCUT2D eigenvalue weighted by atomic mass is 9.87. The maximum atomic E-state index is 12.2. The number of amides is 1. The summed E-state index contributed by atoms with van der Waals surface area (Å²) in [7, 11) is 0. The van der Waals surface area contributed by atoms with Gasteiger partial charge in [0.05, 0.1) is 6.10 Å². The van der Waals surface area contributed by atoms with Crippen molar-refractivity contribution in [1.82, 2.24) is 19.9 Å². The van der Waals surface area contributed by atoms with Gasteiger partial charge in [0.1, 0.15) is 17.8 Å². The molecular weight excluding hydrogens is 280 g/mol. The first-order valence-corrected chi connectivity index (χ1v) is 7.29. The van der Waals surface area contributed by atoms with E-state index in [1.54, 1.807) is 42.3 Å². The Labute approximate surface area is 130 Å². The zero-order chi connectivity index (χ0) is 16.2.